The molecule has 4 rings (SSSR count). The van der Waals surface area contributed by atoms with Crippen molar-refractivity contribution < 1.29 is 17.6 Å². The van der Waals surface area contributed by atoms with Crippen LogP contribution in [0.3, 0.4) is 0 Å². The number of carbonyl (C=O) groups is 1. The molecule has 2 aliphatic heterocycles. The molecule has 1 aromatic carbocycles. The van der Waals surface area contributed by atoms with E-state index in [1.807, 2.05) is 19.1 Å². The monoisotopic (exact) mass is 463 g/mol. The predicted octanol–water partition coefficient (Wildman–Crippen LogP) is 3.81. The number of sulfonamides is 1. The molecule has 1 saturated heterocycles. The van der Waals surface area contributed by atoms with Gasteiger partial charge in [-0.2, -0.15) is 0 Å². The van der Waals surface area contributed by atoms with Gasteiger partial charge < -0.3 is 9.73 Å². The van der Waals surface area contributed by atoms with Gasteiger partial charge >= 0.3 is 0 Å². The average Bonchev–Trinajstić information content (AvgIpc) is 2.95. The number of nitrogens with one attached hydrogen (secondary N) is 2. The smallest absolute Gasteiger partial charge is 0.241 e. The van der Waals surface area contributed by atoms with Crippen LogP contribution in [-0.4, -0.2) is 38.1 Å². The second kappa shape index (κ2) is 9.77. The minimum absolute atomic E-state index is 0.0809. The standard InChI is InChI=1S/C22H29N3O4S2/c1-16-15-30-21-9-8-19(12-20(21)24-22(16)26)31(27,28)23-13-17-6-7-18(29-17)14-25-10-4-2-3-5-11-25/h6-9,12,16,23H,2-5,10-11,13-15H2,1H3,(H,24,26)/t16-/m0/s1. The summed E-state index contributed by atoms with van der Waals surface area (Å²) in [6.45, 7) is 4.85. The Hall–Kier alpha value is -1.81. The number of benzene rings is 1. The van der Waals surface area contributed by atoms with Crippen molar-refractivity contribution >= 4 is 33.4 Å². The van der Waals surface area contributed by atoms with Gasteiger partial charge in [0.05, 0.1) is 23.7 Å². The number of anilines is 1. The lowest BCUT2D eigenvalue weighted by atomic mass is 10.2. The summed E-state index contributed by atoms with van der Waals surface area (Å²) in [5.74, 6) is 1.89. The lowest BCUT2D eigenvalue weighted by molar-refractivity contribution is -0.118. The summed E-state index contributed by atoms with van der Waals surface area (Å²) in [4.78, 5) is 15.5. The van der Waals surface area contributed by atoms with Crippen LogP contribution in [0.25, 0.3) is 0 Å². The molecule has 9 heteroatoms. The third-order valence-electron chi connectivity index (χ3n) is 5.69. The Morgan fingerprint density at radius 3 is 2.65 bits per heavy atom. The van der Waals surface area contributed by atoms with Crippen LogP contribution < -0.4 is 10.0 Å². The molecule has 1 amide bonds. The lowest BCUT2D eigenvalue weighted by Gasteiger charge is -2.17. The molecule has 1 fully saturated rings. The number of hydrogen-bond donors (Lipinski definition) is 2. The van der Waals surface area contributed by atoms with E-state index in [1.54, 1.807) is 23.9 Å². The highest BCUT2D eigenvalue weighted by Crippen LogP contribution is 2.34. The Bertz CT molecular complexity index is 1030. The molecule has 0 saturated carbocycles. The van der Waals surface area contributed by atoms with Crippen LogP contribution in [0, 0.1) is 5.92 Å². The highest BCUT2D eigenvalue weighted by Gasteiger charge is 2.23. The van der Waals surface area contributed by atoms with Gasteiger partial charge in [-0.3, -0.25) is 9.69 Å². The van der Waals surface area contributed by atoms with E-state index >= 15 is 0 Å². The Morgan fingerprint density at radius 2 is 1.87 bits per heavy atom. The quantitative estimate of drug-likeness (QED) is 0.677. The fourth-order valence-electron chi connectivity index (χ4n) is 3.81. The third kappa shape index (κ3) is 5.71. The fourth-order valence-corrected chi connectivity index (χ4v) is 5.84. The molecule has 1 aromatic heterocycles. The maximum absolute atomic E-state index is 12.8. The van der Waals surface area contributed by atoms with E-state index in [0.717, 1.165) is 30.3 Å². The van der Waals surface area contributed by atoms with Crippen LogP contribution in [0.1, 0.15) is 44.1 Å². The first-order valence-corrected chi connectivity index (χ1v) is 13.2. The summed E-state index contributed by atoms with van der Waals surface area (Å²) in [5.41, 5.74) is 0.542. The molecular weight excluding hydrogens is 434 g/mol. The molecule has 0 radical (unpaired) electrons. The van der Waals surface area contributed by atoms with E-state index in [-0.39, 0.29) is 23.3 Å². The van der Waals surface area contributed by atoms with Gasteiger partial charge in [-0.15, -0.1) is 11.8 Å². The van der Waals surface area contributed by atoms with Gasteiger partial charge in [-0.05, 0) is 56.3 Å². The molecule has 2 aliphatic rings. The van der Waals surface area contributed by atoms with E-state index in [9.17, 15) is 13.2 Å². The van der Waals surface area contributed by atoms with Crippen molar-refractivity contribution in [2.75, 3.05) is 24.2 Å². The van der Waals surface area contributed by atoms with Gasteiger partial charge in [-0.25, -0.2) is 13.1 Å². The van der Waals surface area contributed by atoms with Crippen LogP contribution >= 0.6 is 11.8 Å². The zero-order chi connectivity index (χ0) is 21.8. The highest BCUT2D eigenvalue weighted by molar-refractivity contribution is 7.99. The summed E-state index contributed by atoms with van der Waals surface area (Å²) in [5, 5.41) is 2.83. The molecule has 2 N–H and O–H groups in total. The average molecular weight is 464 g/mol. The topological polar surface area (TPSA) is 91.7 Å². The number of thioether (sulfide) groups is 1. The summed E-state index contributed by atoms with van der Waals surface area (Å²) in [6, 6.07) is 8.59. The Morgan fingerprint density at radius 1 is 1.13 bits per heavy atom. The molecule has 1 atom stereocenters. The second-order valence-electron chi connectivity index (χ2n) is 8.24. The summed E-state index contributed by atoms with van der Waals surface area (Å²) >= 11 is 1.55. The third-order valence-corrected chi connectivity index (χ3v) is 8.42. The van der Waals surface area contributed by atoms with E-state index in [0.29, 0.717) is 17.2 Å². The largest absolute Gasteiger partial charge is 0.463 e. The van der Waals surface area contributed by atoms with E-state index in [4.69, 9.17) is 4.42 Å². The van der Waals surface area contributed by atoms with Gasteiger partial charge in [0, 0.05) is 16.6 Å². The van der Waals surface area contributed by atoms with Crippen LogP contribution in [0.15, 0.2) is 44.5 Å². The summed E-state index contributed by atoms with van der Waals surface area (Å²) in [6.07, 6.45) is 5.00. The number of fused-ring (bicyclic) bond motifs is 1. The van der Waals surface area contributed by atoms with Crippen molar-refractivity contribution in [2.45, 2.75) is 55.5 Å². The molecule has 0 bridgehead atoms. The predicted molar refractivity (Wildman–Crippen MR) is 121 cm³/mol. The normalized spacial score (nSPS) is 20.5. The molecule has 0 spiro atoms. The van der Waals surface area contributed by atoms with Crippen LogP contribution in [0.4, 0.5) is 5.69 Å². The first-order chi connectivity index (χ1) is 14.9. The minimum atomic E-state index is -3.74. The van der Waals surface area contributed by atoms with Gasteiger partial charge in [0.25, 0.3) is 0 Å². The van der Waals surface area contributed by atoms with Crippen molar-refractivity contribution in [1.29, 1.82) is 0 Å². The number of furan rings is 1. The molecule has 168 valence electrons. The SMILES string of the molecule is C[C@H]1CSc2ccc(S(=O)(=O)NCc3ccc(CN4CCCCCC4)o3)cc2NC1=O. The van der Waals surface area contributed by atoms with Gasteiger partial charge in [0.15, 0.2) is 0 Å². The zero-order valence-electron chi connectivity index (χ0n) is 17.7. The van der Waals surface area contributed by atoms with Crippen LogP contribution in [-0.2, 0) is 27.9 Å². The number of carbonyl (C=O) groups excluding carboxylic acids is 1. The minimum Gasteiger partial charge on any atom is -0.463 e. The zero-order valence-corrected chi connectivity index (χ0v) is 19.4. The molecule has 2 aromatic rings. The van der Waals surface area contributed by atoms with Crippen molar-refractivity contribution in [3.8, 4) is 0 Å². The number of amides is 1. The van der Waals surface area contributed by atoms with E-state index in [2.05, 4.69) is 14.9 Å². The molecular formula is C22H29N3O4S2. The number of likely N-dealkylation sites (tertiary alicyclic amines) is 1. The number of rotatable bonds is 6. The van der Waals surface area contributed by atoms with Crippen molar-refractivity contribution in [3.05, 3.63) is 41.9 Å². The lowest BCUT2D eigenvalue weighted by Crippen LogP contribution is -2.24. The second-order valence-corrected chi connectivity index (χ2v) is 11.1. The maximum Gasteiger partial charge on any atom is 0.241 e. The molecule has 31 heavy (non-hydrogen) atoms. The van der Waals surface area contributed by atoms with Crippen molar-refractivity contribution in [2.24, 2.45) is 5.92 Å². The number of hydrogen-bond acceptors (Lipinski definition) is 6. The molecule has 0 aliphatic carbocycles. The molecule has 7 nitrogen and oxygen atoms in total. The van der Waals surface area contributed by atoms with Crippen LogP contribution in [0.2, 0.25) is 0 Å². The summed E-state index contributed by atoms with van der Waals surface area (Å²) < 4.78 is 34.1. The van der Waals surface area contributed by atoms with Gasteiger partial charge in [0.1, 0.15) is 11.5 Å². The first kappa shape index (κ1) is 22.4. The van der Waals surface area contributed by atoms with Crippen molar-refractivity contribution in [1.82, 2.24) is 9.62 Å². The fraction of sp³-hybridized carbons (Fsp3) is 0.500. The van der Waals surface area contributed by atoms with Crippen LogP contribution in [0.5, 0.6) is 0 Å². The van der Waals surface area contributed by atoms with Gasteiger partial charge in [-0.1, -0.05) is 19.8 Å². The van der Waals surface area contributed by atoms with Gasteiger partial charge in [0.2, 0.25) is 15.9 Å². The maximum atomic E-state index is 12.8. The summed E-state index contributed by atoms with van der Waals surface area (Å²) in [7, 11) is -3.74. The Balaban J connectivity index is 1.39. The van der Waals surface area contributed by atoms with E-state index < -0.39 is 10.0 Å². The highest BCUT2D eigenvalue weighted by atomic mass is 32.2. The Kier molecular flexibility index (Phi) is 7.05. The van der Waals surface area contributed by atoms with E-state index in [1.165, 1.54) is 31.7 Å². The molecule has 0 unspecified atom stereocenters. The van der Waals surface area contributed by atoms with Crippen molar-refractivity contribution in [3.63, 3.8) is 0 Å². The Labute approximate surface area is 188 Å². The first-order valence-electron chi connectivity index (χ1n) is 10.8. The number of nitrogens with zero attached hydrogens (tertiary/aromatic N) is 1. The molecule has 3 heterocycles.